The number of aryl methyl sites for hydroxylation is 1. The van der Waals surface area contributed by atoms with Gasteiger partial charge in [-0.15, -0.1) is 0 Å². The van der Waals surface area contributed by atoms with Crippen molar-refractivity contribution >= 4 is 0 Å². The maximum absolute atomic E-state index is 6.12. The Balaban J connectivity index is 1.73. The zero-order chi connectivity index (χ0) is 16.0. The molecule has 0 radical (unpaired) electrons. The minimum Gasteiger partial charge on any atom is -0.467 e. The Morgan fingerprint density at radius 1 is 1.13 bits per heavy atom. The third-order valence-electron chi connectivity index (χ3n) is 4.65. The van der Waals surface area contributed by atoms with Crippen molar-refractivity contribution in [3.63, 3.8) is 0 Å². The van der Waals surface area contributed by atoms with Gasteiger partial charge in [0.15, 0.2) is 0 Å². The van der Waals surface area contributed by atoms with Crippen LogP contribution in [0.1, 0.15) is 37.3 Å². The van der Waals surface area contributed by atoms with Gasteiger partial charge in [0.05, 0.1) is 23.5 Å². The highest BCUT2D eigenvalue weighted by molar-refractivity contribution is 5.68. The van der Waals surface area contributed by atoms with Crippen molar-refractivity contribution in [1.29, 1.82) is 0 Å². The molecule has 2 aliphatic rings. The SMILES string of the molecule is CC1=CC(C)OC2(CC2c2ccccc2-c2ncccc2C)O1. The fourth-order valence-corrected chi connectivity index (χ4v) is 3.61. The summed E-state index contributed by atoms with van der Waals surface area (Å²) < 4.78 is 12.2. The standard InChI is InChI=1S/C20H21NO2/c1-13-7-6-10-21-19(13)17-9-5-4-8-16(17)18-12-20(18)22-14(2)11-15(3)23-20/h4-11,14,18H,12H2,1-3H3. The molecular weight excluding hydrogens is 286 g/mol. The van der Waals surface area contributed by atoms with Crippen LogP contribution in [0, 0.1) is 6.92 Å². The second kappa shape index (κ2) is 5.20. The van der Waals surface area contributed by atoms with Crippen LogP contribution in [0.15, 0.2) is 54.4 Å². The molecule has 1 saturated carbocycles. The van der Waals surface area contributed by atoms with Gasteiger partial charge in [-0.25, -0.2) is 0 Å². The van der Waals surface area contributed by atoms with E-state index in [-0.39, 0.29) is 12.0 Å². The van der Waals surface area contributed by atoms with Gasteiger partial charge in [-0.1, -0.05) is 30.3 Å². The van der Waals surface area contributed by atoms with Crippen molar-refractivity contribution in [3.05, 3.63) is 65.6 Å². The second-order valence-corrected chi connectivity index (χ2v) is 6.53. The van der Waals surface area contributed by atoms with E-state index in [1.54, 1.807) is 0 Å². The van der Waals surface area contributed by atoms with E-state index in [9.17, 15) is 0 Å². The van der Waals surface area contributed by atoms with Gasteiger partial charge in [0.1, 0.15) is 0 Å². The summed E-state index contributed by atoms with van der Waals surface area (Å²) in [5.74, 6) is 0.723. The number of rotatable bonds is 2. The Morgan fingerprint density at radius 2 is 1.96 bits per heavy atom. The predicted octanol–water partition coefficient (Wildman–Crippen LogP) is 4.58. The van der Waals surface area contributed by atoms with E-state index in [1.165, 1.54) is 16.7 Å². The molecule has 1 spiro atoms. The first-order valence-corrected chi connectivity index (χ1v) is 8.15. The monoisotopic (exact) mass is 307 g/mol. The number of pyridine rings is 1. The predicted molar refractivity (Wildman–Crippen MR) is 89.9 cm³/mol. The molecule has 4 rings (SSSR count). The number of aromatic nitrogens is 1. The van der Waals surface area contributed by atoms with Gasteiger partial charge in [0, 0.05) is 18.2 Å². The molecule has 2 heterocycles. The lowest BCUT2D eigenvalue weighted by molar-refractivity contribution is -0.177. The van der Waals surface area contributed by atoms with Gasteiger partial charge in [-0.3, -0.25) is 4.98 Å². The van der Waals surface area contributed by atoms with E-state index in [2.05, 4.69) is 49.2 Å². The molecule has 2 aromatic rings. The minimum atomic E-state index is -0.489. The van der Waals surface area contributed by atoms with E-state index < -0.39 is 5.79 Å². The van der Waals surface area contributed by atoms with Crippen LogP contribution in [-0.4, -0.2) is 16.9 Å². The van der Waals surface area contributed by atoms with Crippen molar-refractivity contribution in [2.24, 2.45) is 0 Å². The molecule has 3 heteroatoms. The number of nitrogens with zero attached hydrogens (tertiary/aromatic N) is 1. The molecule has 118 valence electrons. The average molecular weight is 307 g/mol. The van der Waals surface area contributed by atoms with Crippen LogP contribution in [0.2, 0.25) is 0 Å². The van der Waals surface area contributed by atoms with E-state index in [0.29, 0.717) is 0 Å². The maximum Gasteiger partial charge on any atom is 0.218 e. The molecule has 0 amide bonds. The van der Waals surface area contributed by atoms with Gasteiger partial charge in [0.2, 0.25) is 5.79 Å². The summed E-state index contributed by atoms with van der Waals surface area (Å²) in [5.41, 5.74) is 4.67. The molecule has 0 N–H and O–H groups in total. The van der Waals surface area contributed by atoms with Gasteiger partial charge in [0.25, 0.3) is 0 Å². The smallest absolute Gasteiger partial charge is 0.218 e. The largest absolute Gasteiger partial charge is 0.467 e. The van der Waals surface area contributed by atoms with Crippen LogP contribution >= 0.6 is 0 Å². The van der Waals surface area contributed by atoms with Crippen molar-refractivity contribution in [1.82, 2.24) is 4.98 Å². The van der Waals surface area contributed by atoms with E-state index in [4.69, 9.17) is 9.47 Å². The van der Waals surface area contributed by atoms with Crippen LogP contribution in [0.25, 0.3) is 11.3 Å². The summed E-state index contributed by atoms with van der Waals surface area (Å²) in [6.07, 6.45) is 4.86. The number of ether oxygens (including phenoxy) is 2. The van der Waals surface area contributed by atoms with Crippen LogP contribution in [0.4, 0.5) is 0 Å². The summed E-state index contributed by atoms with van der Waals surface area (Å²) in [7, 11) is 0. The highest BCUT2D eigenvalue weighted by atomic mass is 16.7. The van der Waals surface area contributed by atoms with Crippen LogP contribution in [-0.2, 0) is 9.47 Å². The maximum atomic E-state index is 6.12. The van der Waals surface area contributed by atoms with Gasteiger partial charge < -0.3 is 9.47 Å². The molecule has 1 aromatic heterocycles. The molecule has 1 fully saturated rings. The molecule has 0 bridgehead atoms. The zero-order valence-electron chi connectivity index (χ0n) is 13.7. The molecule has 1 aromatic carbocycles. The van der Waals surface area contributed by atoms with Crippen molar-refractivity contribution in [3.8, 4) is 11.3 Å². The molecule has 1 aliphatic carbocycles. The van der Waals surface area contributed by atoms with Crippen LogP contribution in [0.5, 0.6) is 0 Å². The van der Waals surface area contributed by atoms with Crippen molar-refractivity contribution in [2.45, 2.75) is 45.0 Å². The summed E-state index contributed by atoms with van der Waals surface area (Å²) in [4.78, 5) is 4.59. The normalized spacial score (nSPS) is 29.1. The lowest BCUT2D eigenvalue weighted by atomic mass is 9.97. The van der Waals surface area contributed by atoms with Gasteiger partial charge >= 0.3 is 0 Å². The van der Waals surface area contributed by atoms with Crippen molar-refractivity contribution in [2.75, 3.05) is 0 Å². The first-order chi connectivity index (χ1) is 11.1. The first kappa shape index (κ1) is 14.5. The van der Waals surface area contributed by atoms with Gasteiger partial charge in [-0.2, -0.15) is 0 Å². The lowest BCUT2D eigenvalue weighted by Crippen LogP contribution is -2.29. The first-order valence-electron chi connectivity index (χ1n) is 8.15. The number of hydrogen-bond donors (Lipinski definition) is 0. The summed E-state index contributed by atoms with van der Waals surface area (Å²) in [6.45, 7) is 6.17. The molecular formula is C20H21NO2. The highest BCUT2D eigenvalue weighted by Gasteiger charge is 2.61. The zero-order valence-corrected chi connectivity index (χ0v) is 13.7. The molecule has 0 saturated heterocycles. The number of hydrogen-bond acceptors (Lipinski definition) is 3. The topological polar surface area (TPSA) is 31.4 Å². The Hall–Kier alpha value is -2.13. The molecule has 23 heavy (non-hydrogen) atoms. The third kappa shape index (κ3) is 2.45. The van der Waals surface area contributed by atoms with Crippen LogP contribution < -0.4 is 0 Å². The lowest BCUT2D eigenvalue weighted by Gasteiger charge is -2.29. The minimum absolute atomic E-state index is 0.0949. The van der Waals surface area contributed by atoms with Crippen molar-refractivity contribution < 1.29 is 9.47 Å². The quantitative estimate of drug-likeness (QED) is 0.814. The third-order valence-corrected chi connectivity index (χ3v) is 4.65. The Morgan fingerprint density at radius 3 is 2.74 bits per heavy atom. The summed E-state index contributed by atoms with van der Waals surface area (Å²) in [6, 6.07) is 12.5. The summed E-state index contributed by atoms with van der Waals surface area (Å²) in [5, 5.41) is 0. The highest BCUT2D eigenvalue weighted by Crippen LogP contribution is 2.59. The molecule has 3 unspecified atom stereocenters. The Kier molecular flexibility index (Phi) is 3.27. The summed E-state index contributed by atoms with van der Waals surface area (Å²) >= 11 is 0. The molecule has 1 aliphatic heterocycles. The van der Waals surface area contributed by atoms with Crippen LogP contribution in [0.3, 0.4) is 0 Å². The van der Waals surface area contributed by atoms with E-state index in [0.717, 1.165) is 17.9 Å². The van der Waals surface area contributed by atoms with E-state index in [1.807, 2.05) is 25.3 Å². The van der Waals surface area contributed by atoms with Gasteiger partial charge in [-0.05, 0) is 44.0 Å². The molecule has 3 nitrogen and oxygen atoms in total. The average Bonchev–Trinajstić information content (AvgIpc) is 3.19. The van der Waals surface area contributed by atoms with E-state index >= 15 is 0 Å². The molecule has 3 atom stereocenters. The fourth-order valence-electron chi connectivity index (χ4n) is 3.61. The fraction of sp³-hybridized carbons (Fsp3) is 0.350. The Bertz CT molecular complexity index is 783. The Labute approximate surface area is 137 Å². The second-order valence-electron chi connectivity index (χ2n) is 6.53. The number of allylic oxidation sites excluding steroid dienone is 1. The number of benzene rings is 1.